The summed E-state index contributed by atoms with van der Waals surface area (Å²) in [5, 5.41) is 2.69. The van der Waals surface area contributed by atoms with Crippen LogP contribution in [0.15, 0.2) is 18.2 Å². The molecule has 5 nitrogen and oxygen atoms in total. The summed E-state index contributed by atoms with van der Waals surface area (Å²) in [5.41, 5.74) is 2.40. The average Bonchev–Trinajstić information content (AvgIpc) is 2.85. The number of aromatic nitrogens is 2. The molecule has 0 aliphatic carbocycles. The number of H-pyrrole nitrogens is 1. The van der Waals surface area contributed by atoms with E-state index in [0.717, 1.165) is 23.5 Å². The van der Waals surface area contributed by atoms with Gasteiger partial charge in [-0.05, 0) is 24.6 Å². The zero-order chi connectivity index (χ0) is 17.0. The summed E-state index contributed by atoms with van der Waals surface area (Å²) < 4.78 is 41.8. The molecule has 0 aliphatic rings. The van der Waals surface area contributed by atoms with Crippen LogP contribution in [0.4, 0.5) is 13.2 Å². The maximum absolute atomic E-state index is 12.3. The van der Waals surface area contributed by atoms with Crippen LogP contribution in [0.1, 0.15) is 25.2 Å². The zero-order valence-electron chi connectivity index (χ0n) is 12.8. The van der Waals surface area contributed by atoms with E-state index in [1.807, 2.05) is 12.1 Å². The lowest BCUT2D eigenvalue weighted by atomic mass is 10.2. The third-order valence-corrected chi connectivity index (χ3v) is 3.30. The fourth-order valence-corrected chi connectivity index (χ4v) is 1.99. The van der Waals surface area contributed by atoms with Crippen molar-refractivity contribution in [3.05, 3.63) is 29.6 Å². The Morgan fingerprint density at radius 2 is 2.17 bits per heavy atom. The molecule has 0 fully saturated rings. The summed E-state index contributed by atoms with van der Waals surface area (Å²) in [4.78, 5) is 18.3. The SMILES string of the molecule is CC(=O)NCc1ccc2nc(CCOC(C)C(F)(F)F)[nH]c2c1. The summed E-state index contributed by atoms with van der Waals surface area (Å²) >= 11 is 0. The molecule has 1 amide bonds. The summed E-state index contributed by atoms with van der Waals surface area (Å²) in [5.74, 6) is 0.442. The number of nitrogens with zero attached hydrogens (tertiary/aromatic N) is 1. The van der Waals surface area contributed by atoms with E-state index >= 15 is 0 Å². The van der Waals surface area contributed by atoms with E-state index in [1.165, 1.54) is 6.92 Å². The second-order valence-corrected chi connectivity index (χ2v) is 5.25. The van der Waals surface area contributed by atoms with Gasteiger partial charge in [0.1, 0.15) is 5.82 Å². The van der Waals surface area contributed by atoms with Gasteiger partial charge in [-0.1, -0.05) is 6.07 Å². The number of benzene rings is 1. The van der Waals surface area contributed by atoms with Crippen molar-refractivity contribution in [2.75, 3.05) is 6.61 Å². The predicted molar refractivity (Wildman–Crippen MR) is 78.8 cm³/mol. The van der Waals surface area contributed by atoms with E-state index in [9.17, 15) is 18.0 Å². The number of halogens is 3. The van der Waals surface area contributed by atoms with Gasteiger partial charge in [0.15, 0.2) is 6.10 Å². The van der Waals surface area contributed by atoms with Gasteiger partial charge < -0.3 is 15.0 Å². The number of hydrogen-bond donors (Lipinski definition) is 2. The standard InChI is InChI=1S/C15H18F3N3O2/c1-9(15(16,17)18)23-6-5-14-20-12-4-3-11(7-13(12)21-14)8-19-10(2)22/h3-4,7,9H,5-6,8H2,1-2H3,(H,19,22)(H,20,21). The normalized spacial score (nSPS) is 13.3. The summed E-state index contributed by atoms with van der Waals surface area (Å²) in [7, 11) is 0. The molecule has 0 radical (unpaired) electrons. The van der Waals surface area contributed by atoms with Crippen molar-refractivity contribution in [3.8, 4) is 0 Å². The Bertz CT molecular complexity index is 682. The first-order chi connectivity index (χ1) is 10.8. The van der Waals surface area contributed by atoms with Crippen LogP contribution in [0.25, 0.3) is 11.0 Å². The summed E-state index contributed by atoms with van der Waals surface area (Å²) in [6.45, 7) is 2.76. The number of rotatable bonds is 6. The highest BCUT2D eigenvalue weighted by molar-refractivity contribution is 5.76. The molecule has 0 bridgehead atoms. The van der Waals surface area contributed by atoms with E-state index < -0.39 is 12.3 Å². The minimum atomic E-state index is -4.35. The molecule has 2 N–H and O–H groups in total. The van der Waals surface area contributed by atoms with Gasteiger partial charge in [0, 0.05) is 19.9 Å². The monoisotopic (exact) mass is 329 g/mol. The Hall–Kier alpha value is -2.09. The van der Waals surface area contributed by atoms with E-state index in [0.29, 0.717) is 12.4 Å². The highest BCUT2D eigenvalue weighted by Gasteiger charge is 2.36. The average molecular weight is 329 g/mol. The molecule has 0 saturated heterocycles. The van der Waals surface area contributed by atoms with Gasteiger partial charge in [0.05, 0.1) is 17.6 Å². The van der Waals surface area contributed by atoms with Crippen molar-refractivity contribution in [2.45, 2.75) is 39.1 Å². The third kappa shape index (κ3) is 4.95. The number of fused-ring (bicyclic) bond motifs is 1. The maximum Gasteiger partial charge on any atom is 0.414 e. The number of hydrogen-bond acceptors (Lipinski definition) is 3. The number of carbonyl (C=O) groups excluding carboxylic acids is 1. The molecule has 1 aromatic heterocycles. The minimum absolute atomic E-state index is 0.0702. The molecule has 2 aromatic rings. The number of aromatic amines is 1. The highest BCUT2D eigenvalue weighted by atomic mass is 19.4. The van der Waals surface area contributed by atoms with Crippen LogP contribution in [0, 0.1) is 0 Å². The molecule has 2 rings (SSSR count). The van der Waals surface area contributed by atoms with Gasteiger partial charge in [0.2, 0.25) is 5.91 Å². The predicted octanol–water partition coefficient (Wildman–Crippen LogP) is 2.71. The number of nitrogens with one attached hydrogen (secondary N) is 2. The van der Waals surface area contributed by atoms with Gasteiger partial charge in [-0.25, -0.2) is 4.98 Å². The zero-order valence-corrected chi connectivity index (χ0v) is 12.8. The number of ether oxygens (including phenoxy) is 1. The molecule has 0 spiro atoms. The number of imidazole rings is 1. The number of carbonyl (C=O) groups is 1. The smallest absolute Gasteiger partial charge is 0.369 e. The van der Waals surface area contributed by atoms with Gasteiger partial charge in [0.25, 0.3) is 0 Å². The third-order valence-electron chi connectivity index (χ3n) is 3.30. The van der Waals surface area contributed by atoms with Crippen LogP contribution in [0.3, 0.4) is 0 Å². The van der Waals surface area contributed by atoms with Crippen molar-refractivity contribution in [3.63, 3.8) is 0 Å². The Balaban J connectivity index is 1.96. The van der Waals surface area contributed by atoms with Gasteiger partial charge in [-0.2, -0.15) is 13.2 Å². The topological polar surface area (TPSA) is 67.0 Å². The lowest BCUT2D eigenvalue weighted by molar-refractivity contribution is -0.213. The van der Waals surface area contributed by atoms with E-state index in [-0.39, 0.29) is 18.9 Å². The van der Waals surface area contributed by atoms with Crippen LogP contribution < -0.4 is 5.32 Å². The molecular formula is C15H18F3N3O2. The molecule has 0 aliphatic heterocycles. The van der Waals surface area contributed by atoms with E-state index in [4.69, 9.17) is 4.74 Å². The summed E-state index contributed by atoms with van der Waals surface area (Å²) in [6, 6.07) is 5.48. The largest absolute Gasteiger partial charge is 0.414 e. The van der Waals surface area contributed by atoms with Crippen molar-refractivity contribution in [1.29, 1.82) is 0 Å². The highest BCUT2D eigenvalue weighted by Crippen LogP contribution is 2.22. The molecule has 126 valence electrons. The molecule has 1 heterocycles. The minimum Gasteiger partial charge on any atom is -0.369 e. The lowest BCUT2D eigenvalue weighted by Gasteiger charge is -2.15. The van der Waals surface area contributed by atoms with Crippen LogP contribution in [-0.2, 0) is 22.5 Å². The first-order valence-corrected chi connectivity index (χ1v) is 7.16. The Morgan fingerprint density at radius 3 is 2.83 bits per heavy atom. The molecule has 1 atom stereocenters. The Labute approximate surface area is 131 Å². The fourth-order valence-electron chi connectivity index (χ4n) is 1.99. The Morgan fingerprint density at radius 1 is 1.43 bits per heavy atom. The van der Waals surface area contributed by atoms with E-state index in [2.05, 4.69) is 15.3 Å². The lowest BCUT2D eigenvalue weighted by Crippen LogP contribution is -2.29. The quantitative estimate of drug-likeness (QED) is 0.856. The number of amides is 1. The van der Waals surface area contributed by atoms with Crippen LogP contribution in [0.2, 0.25) is 0 Å². The van der Waals surface area contributed by atoms with Gasteiger partial charge in [-0.3, -0.25) is 4.79 Å². The second-order valence-electron chi connectivity index (χ2n) is 5.25. The molecule has 1 aromatic carbocycles. The molecule has 8 heteroatoms. The summed E-state index contributed by atoms with van der Waals surface area (Å²) in [6.07, 6.45) is -5.89. The van der Waals surface area contributed by atoms with Crippen molar-refractivity contribution in [1.82, 2.24) is 15.3 Å². The number of alkyl halides is 3. The molecule has 23 heavy (non-hydrogen) atoms. The molecular weight excluding hydrogens is 311 g/mol. The fraction of sp³-hybridized carbons (Fsp3) is 0.467. The molecule has 0 saturated carbocycles. The van der Waals surface area contributed by atoms with Crippen LogP contribution >= 0.6 is 0 Å². The maximum atomic E-state index is 12.3. The first kappa shape index (κ1) is 17.3. The second kappa shape index (κ2) is 6.99. The van der Waals surface area contributed by atoms with Crippen molar-refractivity contribution >= 4 is 16.9 Å². The Kier molecular flexibility index (Phi) is 5.25. The van der Waals surface area contributed by atoms with Crippen LogP contribution in [-0.4, -0.2) is 34.8 Å². The van der Waals surface area contributed by atoms with Crippen molar-refractivity contribution in [2.24, 2.45) is 0 Å². The van der Waals surface area contributed by atoms with E-state index in [1.54, 1.807) is 6.07 Å². The van der Waals surface area contributed by atoms with Gasteiger partial charge in [-0.15, -0.1) is 0 Å². The molecule has 1 unspecified atom stereocenters. The first-order valence-electron chi connectivity index (χ1n) is 7.16. The van der Waals surface area contributed by atoms with Gasteiger partial charge >= 0.3 is 6.18 Å². The van der Waals surface area contributed by atoms with Crippen molar-refractivity contribution < 1.29 is 22.7 Å². The van der Waals surface area contributed by atoms with Crippen LogP contribution in [0.5, 0.6) is 0 Å².